The number of unbranched alkanes of at least 4 members (excludes halogenated alkanes) is 11. The SMILES string of the molecule is CCCCCCCC/C=C\CCCCCCCC(=O)OCC(O)CO.CCOC(=O)N1CCNCC1. The molecule has 1 rings (SSSR count). The monoisotopic (exact) mass is 514 g/mol. The van der Waals surface area contributed by atoms with E-state index in [0.29, 0.717) is 13.0 Å². The molecule has 1 heterocycles. The van der Waals surface area contributed by atoms with Crippen molar-refractivity contribution in [1.29, 1.82) is 0 Å². The zero-order valence-electron chi connectivity index (χ0n) is 23.1. The highest BCUT2D eigenvalue weighted by atomic mass is 16.6. The van der Waals surface area contributed by atoms with Gasteiger partial charge < -0.3 is 29.9 Å². The quantitative estimate of drug-likeness (QED) is 0.127. The number of allylic oxidation sites excluding steroid dienone is 2. The van der Waals surface area contributed by atoms with E-state index in [1.54, 1.807) is 4.90 Å². The Bertz CT molecular complexity index is 538. The molecule has 3 N–H and O–H groups in total. The van der Waals surface area contributed by atoms with Crippen LogP contribution in [0.5, 0.6) is 0 Å². The van der Waals surface area contributed by atoms with E-state index in [4.69, 9.17) is 19.7 Å². The molecule has 36 heavy (non-hydrogen) atoms. The van der Waals surface area contributed by atoms with Crippen molar-refractivity contribution in [3.05, 3.63) is 12.2 Å². The third kappa shape index (κ3) is 22.8. The second kappa shape index (κ2) is 26.4. The van der Waals surface area contributed by atoms with E-state index in [0.717, 1.165) is 51.9 Å². The number of hydrogen-bond acceptors (Lipinski definition) is 7. The van der Waals surface area contributed by atoms with Crippen LogP contribution in [0.25, 0.3) is 0 Å². The number of carbonyl (C=O) groups excluding carboxylic acids is 2. The van der Waals surface area contributed by atoms with Gasteiger partial charge in [-0.05, 0) is 39.0 Å². The number of nitrogens with zero attached hydrogens (tertiary/aromatic N) is 1. The maximum Gasteiger partial charge on any atom is 0.409 e. The lowest BCUT2D eigenvalue weighted by atomic mass is 10.1. The summed E-state index contributed by atoms with van der Waals surface area (Å²) in [6, 6.07) is 0. The van der Waals surface area contributed by atoms with Gasteiger partial charge in [0.25, 0.3) is 0 Å². The van der Waals surface area contributed by atoms with Crippen molar-refractivity contribution >= 4 is 12.1 Å². The minimum Gasteiger partial charge on any atom is -0.463 e. The van der Waals surface area contributed by atoms with Gasteiger partial charge in [0.1, 0.15) is 12.7 Å². The normalized spacial score (nSPS) is 14.3. The lowest BCUT2D eigenvalue weighted by molar-refractivity contribution is -0.147. The van der Waals surface area contributed by atoms with E-state index in [2.05, 4.69) is 24.4 Å². The third-order valence-corrected chi connectivity index (χ3v) is 5.93. The summed E-state index contributed by atoms with van der Waals surface area (Å²) in [6.07, 6.45) is 19.9. The first-order valence-electron chi connectivity index (χ1n) is 14.3. The van der Waals surface area contributed by atoms with Crippen LogP contribution in [0.1, 0.15) is 104 Å². The first-order chi connectivity index (χ1) is 17.5. The van der Waals surface area contributed by atoms with Gasteiger partial charge in [-0.15, -0.1) is 0 Å². The summed E-state index contributed by atoms with van der Waals surface area (Å²) in [7, 11) is 0. The molecule has 1 saturated heterocycles. The maximum absolute atomic E-state index is 11.4. The highest BCUT2D eigenvalue weighted by molar-refractivity contribution is 5.69. The Morgan fingerprint density at radius 2 is 1.42 bits per heavy atom. The molecule has 1 aliphatic rings. The van der Waals surface area contributed by atoms with Crippen molar-refractivity contribution in [1.82, 2.24) is 10.2 Å². The van der Waals surface area contributed by atoms with Crippen LogP contribution in [0.15, 0.2) is 12.2 Å². The Labute approximate surface area is 219 Å². The van der Waals surface area contributed by atoms with Gasteiger partial charge in [-0.1, -0.05) is 70.4 Å². The van der Waals surface area contributed by atoms with E-state index < -0.39 is 6.10 Å². The van der Waals surface area contributed by atoms with Crippen molar-refractivity contribution in [2.75, 3.05) is 46.0 Å². The molecular weight excluding hydrogens is 460 g/mol. The van der Waals surface area contributed by atoms with E-state index in [1.165, 1.54) is 57.8 Å². The van der Waals surface area contributed by atoms with Crippen molar-refractivity contribution in [3.63, 3.8) is 0 Å². The summed E-state index contributed by atoms with van der Waals surface area (Å²) in [4.78, 5) is 24.2. The highest BCUT2D eigenvalue weighted by Crippen LogP contribution is 2.10. The first kappa shape index (κ1) is 34.4. The number of amides is 1. The molecule has 0 aromatic carbocycles. The molecule has 1 aliphatic heterocycles. The van der Waals surface area contributed by atoms with Gasteiger partial charge in [0.2, 0.25) is 0 Å². The largest absolute Gasteiger partial charge is 0.463 e. The van der Waals surface area contributed by atoms with Crippen LogP contribution in [0.4, 0.5) is 4.79 Å². The standard InChI is InChI=1S/C21H40O4.C7H14N2O2/c1-2-3-4-5-6-7-8-9-10-11-12-13-14-15-16-17-21(24)25-19-20(23)18-22;1-2-11-7(10)9-5-3-8-4-6-9/h9-10,20,22-23H,2-8,11-19H2,1H3;8H,2-6H2,1H3/b10-9-;. The average molecular weight is 515 g/mol. The maximum atomic E-state index is 11.4. The van der Waals surface area contributed by atoms with Gasteiger partial charge in [-0.2, -0.15) is 0 Å². The van der Waals surface area contributed by atoms with Gasteiger partial charge in [0, 0.05) is 32.6 Å². The Balaban J connectivity index is 0.000000918. The fourth-order valence-electron chi connectivity index (χ4n) is 3.72. The Morgan fingerprint density at radius 1 is 0.861 bits per heavy atom. The number of nitrogens with one attached hydrogen (secondary N) is 1. The van der Waals surface area contributed by atoms with E-state index >= 15 is 0 Å². The van der Waals surface area contributed by atoms with Gasteiger partial charge in [0.05, 0.1) is 13.2 Å². The molecular formula is C28H54N2O6. The molecule has 212 valence electrons. The van der Waals surface area contributed by atoms with E-state index in [1.807, 2.05) is 6.92 Å². The molecule has 0 spiro atoms. The van der Waals surface area contributed by atoms with Gasteiger partial charge in [0.15, 0.2) is 0 Å². The summed E-state index contributed by atoms with van der Waals surface area (Å²) >= 11 is 0. The minimum absolute atomic E-state index is 0.111. The zero-order valence-corrected chi connectivity index (χ0v) is 23.1. The van der Waals surface area contributed by atoms with Crippen molar-refractivity contribution in [2.24, 2.45) is 0 Å². The molecule has 8 nitrogen and oxygen atoms in total. The zero-order chi connectivity index (χ0) is 26.7. The summed E-state index contributed by atoms with van der Waals surface area (Å²) in [5.41, 5.74) is 0. The van der Waals surface area contributed by atoms with Crippen molar-refractivity contribution in [3.8, 4) is 0 Å². The van der Waals surface area contributed by atoms with Crippen LogP contribution >= 0.6 is 0 Å². The Morgan fingerprint density at radius 3 is 1.97 bits per heavy atom. The molecule has 0 aromatic heterocycles. The molecule has 0 aliphatic carbocycles. The van der Waals surface area contributed by atoms with Crippen LogP contribution in [0.3, 0.4) is 0 Å². The number of carbonyl (C=O) groups is 2. The summed E-state index contributed by atoms with van der Waals surface area (Å²) < 4.78 is 9.70. The number of ether oxygens (including phenoxy) is 2. The van der Waals surface area contributed by atoms with Gasteiger partial charge in [-0.25, -0.2) is 4.79 Å². The summed E-state index contributed by atoms with van der Waals surface area (Å²) in [5, 5.41) is 20.9. The fraction of sp³-hybridized carbons (Fsp3) is 0.857. The van der Waals surface area contributed by atoms with Crippen LogP contribution < -0.4 is 5.32 Å². The van der Waals surface area contributed by atoms with Gasteiger partial charge in [-0.3, -0.25) is 4.79 Å². The number of esters is 1. The predicted octanol–water partition coefficient (Wildman–Crippen LogP) is 4.97. The number of aliphatic hydroxyl groups excluding tert-OH is 2. The topological polar surface area (TPSA) is 108 Å². The Kier molecular flexibility index (Phi) is 25.2. The molecule has 0 bridgehead atoms. The number of rotatable bonds is 19. The number of aliphatic hydroxyl groups is 2. The summed E-state index contributed by atoms with van der Waals surface area (Å²) in [5.74, 6) is -0.287. The van der Waals surface area contributed by atoms with Crippen molar-refractivity contribution < 1.29 is 29.3 Å². The second-order valence-corrected chi connectivity index (χ2v) is 9.29. The number of hydrogen-bond donors (Lipinski definition) is 3. The lowest BCUT2D eigenvalue weighted by Gasteiger charge is -2.26. The molecule has 1 fully saturated rings. The first-order valence-corrected chi connectivity index (χ1v) is 14.3. The molecule has 1 atom stereocenters. The number of piperazine rings is 1. The highest BCUT2D eigenvalue weighted by Gasteiger charge is 2.16. The predicted molar refractivity (Wildman–Crippen MR) is 145 cm³/mol. The molecule has 0 saturated carbocycles. The smallest absolute Gasteiger partial charge is 0.409 e. The Hall–Kier alpha value is -1.64. The van der Waals surface area contributed by atoms with E-state index in [9.17, 15) is 9.59 Å². The molecule has 1 amide bonds. The third-order valence-electron chi connectivity index (χ3n) is 5.93. The van der Waals surface area contributed by atoms with Crippen LogP contribution in [-0.4, -0.2) is 79.3 Å². The molecule has 8 heteroatoms. The fourth-order valence-corrected chi connectivity index (χ4v) is 3.72. The minimum atomic E-state index is -0.960. The molecule has 0 radical (unpaired) electrons. The van der Waals surface area contributed by atoms with Crippen LogP contribution in [-0.2, 0) is 14.3 Å². The van der Waals surface area contributed by atoms with Crippen LogP contribution in [0, 0.1) is 0 Å². The van der Waals surface area contributed by atoms with E-state index in [-0.39, 0.29) is 25.3 Å². The molecule has 1 unspecified atom stereocenters. The second-order valence-electron chi connectivity index (χ2n) is 9.29. The molecule has 0 aromatic rings. The lowest BCUT2D eigenvalue weighted by Crippen LogP contribution is -2.46. The van der Waals surface area contributed by atoms with Gasteiger partial charge >= 0.3 is 12.1 Å². The average Bonchev–Trinajstić information content (AvgIpc) is 2.90. The summed E-state index contributed by atoms with van der Waals surface area (Å²) in [6.45, 7) is 7.32. The van der Waals surface area contributed by atoms with Crippen LogP contribution in [0.2, 0.25) is 0 Å². The van der Waals surface area contributed by atoms with Crippen molar-refractivity contribution in [2.45, 2.75) is 110 Å².